The van der Waals surface area contributed by atoms with Crippen molar-refractivity contribution in [3.63, 3.8) is 0 Å². The van der Waals surface area contributed by atoms with Gasteiger partial charge in [-0.1, -0.05) is 19.9 Å². The van der Waals surface area contributed by atoms with Gasteiger partial charge in [0.05, 0.1) is 11.8 Å². The van der Waals surface area contributed by atoms with Crippen molar-refractivity contribution in [3.05, 3.63) is 29.6 Å². The van der Waals surface area contributed by atoms with E-state index in [0.717, 1.165) is 31.5 Å². The molecule has 0 aromatic heterocycles. The van der Waals surface area contributed by atoms with Gasteiger partial charge in [0, 0.05) is 19.6 Å². The molecule has 0 radical (unpaired) electrons. The van der Waals surface area contributed by atoms with E-state index in [1.807, 2.05) is 24.0 Å². The summed E-state index contributed by atoms with van der Waals surface area (Å²) in [6.45, 7) is 7.12. The van der Waals surface area contributed by atoms with E-state index in [1.54, 1.807) is 6.07 Å². The van der Waals surface area contributed by atoms with Gasteiger partial charge in [-0.15, -0.1) is 0 Å². The van der Waals surface area contributed by atoms with E-state index >= 15 is 0 Å². The van der Waals surface area contributed by atoms with Crippen LogP contribution in [0.15, 0.2) is 18.2 Å². The van der Waals surface area contributed by atoms with Gasteiger partial charge in [0.2, 0.25) is 0 Å². The Labute approximate surface area is 120 Å². The number of anilines is 1. The highest BCUT2D eigenvalue weighted by Gasteiger charge is 2.25. The van der Waals surface area contributed by atoms with E-state index in [0.29, 0.717) is 24.7 Å². The van der Waals surface area contributed by atoms with E-state index in [1.165, 1.54) is 0 Å². The second-order valence-electron chi connectivity index (χ2n) is 5.74. The average Bonchev–Trinajstić information content (AvgIpc) is 2.43. The molecular weight excluding hydrogens is 255 g/mol. The van der Waals surface area contributed by atoms with Crippen LogP contribution >= 0.6 is 0 Å². The quantitative estimate of drug-likeness (QED) is 0.814. The van der Waals surface area contributed by atoms with Gasteiger partial charge in [-0.2, -0.15) is 0 Å². The maximum Gasteiger partial charge on any atom is 0.146 e. The summed E-state index contributed by atoms with van der Waals surface area (Å²) in [6.07, 6.45) is 1.61. The zero-order valence-electron chi connectivity index (χ0n) is 12.4. The largest absolute Gasteiger partial charge is 0.391 e. The van der Waals surface area contributed by atoms with Crippen LogP contribution in [-0.4, -0.2) is 30.8 Å². The molecule has 2 unspecified atom stereocenters. The molecule has 1 aliphatic heterocycles. The van der Waals surface area contributed by atoms with Crippen molar-refractivity contribution in [2.45, 2.75) is 39.3 Å². The fraction of sp³-hybridized carbons (Fsp3) is 0.625. The lowest BCUT2D eigenvalue weighted by atomic mass is 9.95. The van der Waals surface area contributed by atoms with Crippen LogP contribution < -0.4 is 10.2 Å². The predicted octanol–water partition coefficient (Wildman–Crippen LogP) is 2.53. The first-order valence-electron chi connectivity index (χ1n) is 7.54. The Morgan fingerprint density at radius 3 is 2.90 bits per heavy atom. The number of β-amino-alcohol motifs (C(OH)–C–C–N with tert-alkyl or cyclic N) is 1. The smallest absolute Gasteiger partial charge is 0.146 e. The summed E-state index contributed by atoms with van der Waals surface area (Å²) >= 11 is 0. The van der Waals surface area contributed by atoms with Gasteiger partial charge in [-0.05, 0) is 43.0 Å². The van der Waals surface area contributed by atoms with Crippen LogP contribution in [0.1, 0.15) is 32.3 Å². The molecule has 1 aromatic rings. The number of rotatable bonds is 5. The molecule has 1 aliphatic rings. The van der Waals surface area contributed by atoms with Crippen LogP contribution in [0, 0.1) is 11.7 Å². The van der Waals surface area contributed by atoms with Crippen molar-refractivity contribution in [2.75, 3.05) is 24.5 Å². The minimum Gasteiger partial charge on any atom is -0.391 e. The molecule has 20 heavy (non-hydrogen) atoms. The Morgan fingerprint density at radius 1 is 1.45 bits per heavy atom. The van der Waals surface area contributed by atoms with Crippen LogP contribution in [0.3, 0.4) is 0 Å². The Hall–Kier alpha value is -1.13. The summed E-state index contributed by atoms with van der Waals surface area (Å²) in [4.78, 5) is 1.95. The number of aliphatic hydroxyl groups excluding tert-OH is 1. The number of nitrogens with one attached hydrogen (secondary N) is 1. The Morgan fingerprint density at radius 2 is 2.25 bits per heavy atom. The maximum absolute atomic E-state index is 14.2. The van der Waals surface area contributed by atoms with Gasteiger partial charge < -0.3 is 15.3 Å². The van der Waals surface area contributed by atoms with Crippen molar-refractivity contribution in [1.82, 2.24) is 5.32 Å². The van der Waals surface area contributed by atoms with Gasteiger partial charge in [0.15, 0.2) is 0 Å². The predicted molar refractivity (Wildman–Crippen MR) is 80.4 cm³/mol. The first-order chi connectivity index (χ1) is 9.61. The molecular formula is C16H25FN2O. The molecule has 2 rings (SSSR count). The van der Waals surface area contributed by atoms with Crippen LogP contribution in [0.5, 0.6) is 0 Å². The van der Waals surface area contributed by atoms with Gasteiger partial charge >= 0.3 is 0 Å². The molecule has 0 saturated carbocycles. The first-order valence-corrected chi connectivity index (χ1v) is 7.54. The number of aliphatic hydroxyl groups is 1. The molecule has 112 valence electrons. The normalized spacial score (nSPS) is 23.1. The van der Waals surface area contributed by atoms with Crippen molar-refractivity contribution in [3.8, 4) is 0 Å². The van der Waals surface area contributed by atoms with E-state index in [9.17, 15) is 9.50 Å². The second-order valence-corrected chi connectivity index (χ2v) is 5.74. The Balaban J connectivity index is 2.02. The standard InChI is InChI=1S/C16H25FN2O/c1-3-7-18-10-13-4-5-15(14(17)9-13)19-8-6-12(2)16(20)11-19/h4-5,9,12,16,18,20H,3,6-8,10-11H2,1-2H3. The average molecular weight is 280 g/mol. The number of benzene rings is 1. The summed E-state index contributed by atoms with van der Waals surface area (Å²) in [5, 5.41) is 13.2. The number of halogens is 1. The molecule has 2 atom stereocenters. The SMILES string of the molecule is CCCNCc1ccc(N2CCC(C)C(O)C2)c(F)c1. The molecule has 0 aliphatic carbocycles. The zero-order chi connectivity index (χ0) is 14.5. The highest BCUT2D eigenvalue weighted by molar-refractivity contribution is 5.49. The van der Waals surface area contributed by atoms with Crippen LogP contribution in [0.2, 0.25) is 0 Å². The third kappa shape index (κ3) is 3.70. The second kappa shape index (κ2) is 7.04. The first kappa shape index (κ1) is 15.3. The van der Waals surface area contributed by atoms with E-state index in [-0.39, 0.29) is 11.9 Å². The third-order valence-electron chi connectivity index (χ3n) is 4.03. The van der Waals surface area contributed by atoms with Gasteiger partial charge in [0.25, 0.3) is 0 Å². The topological polar surface area (TPSA) is 35.5 Å². The lowest BCUT2D eigenvalue weighted by Crippen LogP contribution is -2.43. The molecule has 1 aromatic carbocycles. The summed E-state index contributed by atoms with van der Waals surface area (Å²) in [5.74, 6) is 0.106. The van der Waals surface area contributed by atoms with Crippen LogP contribution in [0.25, 0.3) is 0 Å². The lowest BCUT2D eigenvalue weighted by Gasteiger charge is -2.36. The van der Waals surface area contributed by atoms with E-state index in [4.69, 9.17) is 0 Å². The molecule has 0 bridgehead atoms. The lowest BCUT2D eigenvalue weighted by molar-refractivity contribution is 0.102. The molecule has 1 fully saturated rings. The Kier molecular flexibility index (Phi) is 5.38. The van der Waals surface area contributed by atoms with E-state index < -0.39 is 0 Å². The summed E-state index contributed by atoms with van der Waals surface area (Å²) in [7, 11) is 0. The molecule has 3 nitrogen and oxygen atoms in total. The Bertz CT molecular complexity index is 438. The molecule has 4 heteroatoms. The van der Waals surface area contributed by atoms with Gasteiger partial charge in [0.1, 0.15) is 5.82 Å². The third-order valence-corrected chi connectivity index (χ3v) is 4.03. The summed E-state index contributed by atoms with van der Waals surface area (Å²) in [6, 6.07) is 5.40. The molecule has 0 amide bonds. The fourth-order valence-corrected chi connectivity index (χ4v) is 2.59. The zero-order valence-corrected chi connectivity index (χ0v) is 12.4. The van der Waals surface area contributed by atoms with Crippen molar-refractivity contribution in [2.24, 2.45) is 5.92 Å². The van der Waals surface area contributed by atoms with Crippen LogP contribution in [0.4, 0.5) is 10.1 Å². The summed E-state index contributed by atoms with van der Waals surface area (Å²) in [5.41, 5.74) is 1.57. The van der Waals surface area contributed by atoms with Crippen molar-refractivity contribution in [1.29, 1.82) is 0 Å². The highest BCUT2D eigenvalue weighted by atomic mass is 19.1. The molecule has 1 heterocycles. The number of nitrogens with zero attached hydrogens (tertiary/aromatic N) is 1. The number of hydrogen-bond donors (Lipinski definition) is 2. The van der Waals surface area contributed by atoms with Crippen molar-refractivity contribution >= 4 is 5.69 Å². The number of piperidine rings is 1. The maximum atomic E-state index is 14.2. The molecule has 1 saturated heterocycles. The molecule has 2 N–H and O–H groups in total. The summed E-state index contributed by atoms with van der Waals surface area (Å²) < 4.78 is 14.2. The highest BCUT2D eigenvalue weighted by Crippen LogP contribution is 2.26. The van der Waals surface area contributed by atoms with Gasteiger partial charge in [-0.25, -0.2) is 4.39 Å². The van der Waals surface area contributed by atoms with Crippen LogP contribution in [-0.2, 0) is 6.54 Å². The molecule has 0 spiro atoms. The number of hydrogen-bond acceptors (Lipinski definition) is 3. The van der Waals surface area contributed by atoms with E-state index in [2.05, 4.69) is 12.2 Å². The minimum absolute atomic E-state index is 0.192. The van der Waals surface area contributed by atoms with Crippen molar-refractivity contribution < 1.29 is 9.50 Å². The monoisotopic (exact) mass is 280 g/mol. The van der Waals surface area contributed by atoms with Gasteiger partial charge in [-0.3, -0.25) is 0 Å². The fourth-order valence-electron chi connectivity index (χ4n) is 2.59. The minimum atomic E-state index is -0.367.